The Balaban J connectivity index is 3.32. The lowest BCUT2D eigenvalue weighted by Crippen LogP contribution is -1.99. The second-order valence-corrected chi connectivity index (χ2v) is 4.09. The molecule has 0 aliphatic heterocycles. The summed E-state index contributed by atoms with van der Waals surface area (Å²) in [4.78, 5) is 0. The van der Waals surface area contributed by atoms with E-state index in [-0.39, 0.29) is 0 Å². The lowest BCUT2D eigenvalue weighted by atomic mass is 10.1. The molecule has 0 aliphatic rings. The van der Waals surface area contributed by atoms with Crippen LogP contribution in [0.3, 0.4) is 0 Å². The van der Waals surface area contributed by atoms with Gasteiger partial charge in [-0.2, -0.15) is 5.26 Å². The maximum atomic E-state index is 8.70. The van der Waals surface area contributed by atoms with Crippen molar-refractivity contribution in [1.82, 2.24) is 0 Å². The summed E-state index contributed by atoms with van der Waals surface area (Å²) in [7, 11) is 0. The maximum absolute atomic E-state index is 8.70. The molecule has 0 atom stereocenters. The second kappa shape index (κ2) is 4.21. The Bertz CT molecular complexity index is 344. The van der Waals surface area contributed by atoms with E-state index in [0.717, 1.165) is 13.6 Å². The Hall–Kier alpha value is -0.120. The summed E-state index contributed by atoms with van der Waals surface area (Å²) in [5.41, 5.74) is 7.20. The summed E-state index contributed by atoms with van der Waals surface area (Å²) in [5.74, 6) is 0. The fraction of sp³-hybridized carbons (Fsp3) is 0.125. The molecule has 0 unspecified atom stereocenters. The number of hydrogen-bond acceptors (Lipinski definition) is 2. The Morgan fingerprint density at radius 1 is 1.58 bits per heavy atom. The number of halogens is 2. The Kier molecular flexibility index (Phi) is 3.50. The predicted octanol–water partition coefficient (Wildman–Crippen LogP) is 2.38. The highest BCUT2D eigenvalue weighted by Gasteiger charge is 2.06. The van der Waals surface area contributed by atoms with Gasteiger partial charge in [0.05, 0.1) is 5.56 Å². The van der Waals surface area contributed by atoms with Crippen molar-refractivity contribution in [2.45, 2.75) is 6.54 Å². The molecule has 0 bridgehead atoms. The van der Waals surface area contributed by atoms with E-state index in [9.17, 15) is 0 Å². The average Bonchev–Trinajstić information content (AvgIpc) is 2.10. The quantitative estimate of drug-likeness (QED) is 0.800. The summed E-state index contributed by atoms with van der Waals surface area (Å²) < 4.78 is 1.86. The number of rotatable bonds is 1. The van der Waals surface area contributed by atoms with Crippen LogP contribution in [0.1, 0.15) is 11.1 Å². The third kappa shape index (κ3) is 1.79. The number of nitrogens with zero attached hydrogens (tertiary/aromatic N) is 1. The van der Waals surface area contributed by atoms with Gasteiger partial charge in [-0.1, -0.05) is 6.07 Å². The molecule has 0 radical (unpaired) electrons. The number of nitriles is 1. The summed E-state index contributed by atoms with van der Waals surface area (Å²) in [5, 5.41) is 8.70. The standard InChI is InChI=1S/C8H6BrIN2/c9-7-5(3-11)1-2-6(4-12)8(7)10/h1-2H,3,11H2. The molecule has 0 saturated heterocycles. The molecule has 0 aromatic heterocycles. The van der Waals surface area contributed by atoms with E-state index in [2.05, 4.69) is 44.6 Å². The van der Waals surface area contributed by atoms with E-state index in [1.807, 2.05) is 6.07 Å². The molecule has 1 rings (SSSR count). The molecule has 0 heterocycles. The van der Waals surface area contributed by atoms with Gasteiger partial charge in [0.25, 0.3) is 0 Å². The monoisotopic (exact) mass is 336 g/mol. The smallest absolute Gasteiger partial charge is 0.100 e. The molecule has 2 nitrogen and oxygen atoms in total. The molecule has 0 amide bonds. The zero-order chi connectivity index (χ0) is 9.14. The first-order chi connectivity index (χ1) is 5.70. The molecule has 1 aromatic carbocycles. The van der Waals surface area contributed by atoms with Crippen LogP contribution in [-0.4, -0.2) is 0 Å². The van der Waals surface area contributed by atoms with Crippen molar-refractivity contribution < 1.29 is 0 Å². The van der Waals surface area contributed by atoms with Crippen LogP contribution in [0, 0.1) is 14.9 Å². The fourth-order valence-electron chi connectivity index (χ4n) is 0.833. The third-order valence-corrected chi connectivity index (χ3v) is 4.27. The molecule has 62 valence electrons. The van der Waals surface area contributed by atoms with Crippen LogP contribution in [0.15, 0.2) is 16.6 Å². The van der Waals surface area contributed by atoms with Crippen molar-refractivity contribution >= 4 is 38.5 Å². The molecular formula is C8H6BrIN2. The van der Waals surface area contributed by atoms with Crippen molar-refractivity contribution in [2.75, 3.05) is 0 Å². The highest BCUT2D eigenvalue weighted by atomic mass is 127. The first-order valence-electron chi connectivity index (χ1n) is 3.27. The predicted molar refractivity (Wildman–Crippen MR) is 59.5 cm³/mol. The van der Waals surface area contributed by atoms with Gasteiger partial charge in [0, 0.05) is 14.6 Å². The highest BCUT2D eigenvalue weighted by molar-refractivity contribution is 14.1. The van der Waals surface area contributed by atoms with Gasteiger partial charge < -0.3 is 5.73 Å². The Morgan fingerprint density at radius 2 is 2.25 bits per heavy atom. The molecule has 1 aromatic rings. The summed E-state index contributed by atoms with van der Waals surface area (Å²) in [6.07, 6.45) is 0. The summed E-state index contributed by atoms with van der Waals surface area (Å²) in [6, 6.07) is 5.76. The van der Waals surface area contributed by atoms with Crippen LogP contribution in [-0.2, 0) is 6.54 Å². The summed E-state index contributed by atoms with van der Waals surface area (Å²) in [6.45, 7) is 0.488. The molecule has 4 heteroatoms. The van der Waals surface area contributed by atoms with Crippen LogP contribution in [0.4, 0.5) is 0 Å². The highest BCUT2D eigenvalue weighted by Crippen LogP contribution is 2.26. The van der Waals surface area contributed by atoms with E-state index >= 15 is 0 Å². The van der Waals surface area contributed by atoms with E-state index < -0.39 is 0 Å². The van der Waals surface area contributed by atoms with Crippen LogP contribution in [0.2, 0.25) is 0 Å². The first-order valence-corrected chi connectivity index (χ1v) is 5.15. The van der Waals surface area contributed by atoms with Crippen LogP contribution < -0.4 is 5.73 Å². The topological polar surface area (TPSA) is 49.8 Å². The molecule has 2 N–H and O–H groups in total. The fourth-order valence-corrected chi connectivity index (χ4v) is 1.99. The average molecular weight is 337 g/mol. The van der Waals surface area contributed by atoms with Gasteiger partial charge in [0.1, 0.15) is 6.07 Å². The number of benzene rings is 1. The van der Waals surface area contributed by atoms with Crippen LogP contribution in [0.25, 0.3) is 0 Å². The molecule has 12 heavy (non-hydrogen) atoms. The van der Waals surface area contributed by atoms with Gasteiger partial charge in [-0.3, -0.25) is 0 Å². The minimum Gasteiger partial charge on any atom is -0.326 e. The number of nitrogens with two attached hydrogens (primary N) is 1. The Labute approximate surface area is 93.0 Å². The van der Waals surface area contributed by atoms with Gasteiger partial charge >= 0.3 is 0 Å². The maximum Gasteiger partial charge on any atom is 0.100 e. The van der Waals surface area contributed by atoms with Crippen molar-refractivity contribution in [3.63, 3.8) is 0 Å². The SMILES string of the molecule is N#Cc1ccc(CN)c(Br)c1I. The van der Waals surface area contributed by atoms with Crippen molar-refractivity contribution in [3.8, 4) is 6.07 Å². The molecule has 0 spiro atoms. The van der Waals surface area contributed by atoms with Crippen molar-refractivity contribution in [2.24, 2.45) is 5.73 Å². The van der Waals surface area contributed by atoms with Gasteiger partial charge in [0.2, 0.25) is 0 Å². The Morgan fingerprint density at radius 3 is 2.75 bits per heavy atom. The lowest BCUT2D eigenvalue weighted by Gasteiger charge is -2.04. The van der Waals surface area contributed by atoms with Crippen molar-refractivity contribution in [3.05, 3.63) is 31.3 Å². The normalized spacial score (nSPS) is 9.50. The van der Waals surface area contributed by atoms with Gasteiger partial charge in [-0.25, -0.2) is 0 Å². The second-order valence-electron chi connectivity index (χ2n) is 2.22. The van der Waals surface area contributed by atoms with Gasteiger partial charge in [-0.05, 0) is 50.2 Å². The molecular weight excluding hydrogens is 331 g/mol. The number of hydrogen-bond donors (Lipinski definition) is 1. The molecule has 0 fully saturated rings. The van der Waals surface area contributed by atoms with E-state index in [1.54, 1.807) is 6.07 Å². The largest absolute Gasteiger partial charge is 0.326 e. The van der Waals surface area contributed by atoms with Gasteiger partial charge in [-0.15, -0.1) is 0 Å². The minimum absolute atomic E-state index is 0.488. The van der Waals surface area contributed by atoms with Crippen LogP contribution in [0.5, 0.6) is 0 Å². The summed E-state index contributed by atoms with van der Waals surface area (Å²) >= 11 is 5.52. The molecule has 0 aliphatic carbocycles. The van der Waals surface area contributed by atoms with E-state index in [4.69, 9.17) is 11.0 Å². The van der Waals surface area contributed by atoms with Gasteiger partial charge in [0.15, 0.2) is 0 Å². The van der Waals surface area contributed by atoms with Crippen LogP contribution >= 0.6 is 38.5 Å². The minimum atomic E-state index is 0.488. The zero-order valence-electron chi connectivity index (χ0n) is 6.14. The van der Waals surface area contributed by atoms with E-state index in [0.29, 0.717) is 12.1 Å². The van der Waals surface area contributed by atoms with E-state index in [1.165, 1.54) is 0 Å². The zero-order valence-corrected chi connectivity index (χ0v) is 9.89. The van der Waals surface area contributed by atoms with Crippen molar-refractivity contribution in [1.29, 1.82) is 5.26 Å². The third-order valence-electron chi connectivity index (χ3n) is 1.50. The first kappa shape index (κ1) is 9.96. The lowest BCUT2D eigenvalue weighted by molar-refractivity contribution is 1.06. The molecule has 0 saturated carbocycles.